The summed E-state index contributed by atoms with van der Waals surface area (Å²) in [4.78, 5) is 11.4. The summed E-state index contributed by atoms with van der Waals surface area (Å²) < 4.78 is 12.0. The Bertz CT molecular complexity index is 359. The van der Waals surface area contributed by atoms with E-state index in [2.05, 4.69) is 40.8 Å². The molecule has 3 nitrogen and oxygen atoms in total. The molecule has 2 fully saturated rings. The third-order valence-electron chi connectivity index (χ3n) is 5.26. The molecule has 4 unspecified atom stereocenters. The minimum Gasteiger partial charge on any atom is -0.462 e. The summed E-state index contributed by atoms with van der Waals surface area (Å²) in [6.45, 7) is 13.7. The van der Waals surface area contributed by atoms with Gasteiger partial charge in [0.25, 0.3) is 0 Å². The number of carbonyl (C=O) groups excluding carboxylic acids is 1. The normalized spacial score (nSPS) is 36.0. The Kier molecular flexibility index (Phi) is 3.87. The Morgan fingerprint density at radius 1 is 1.26 bits per heavy atom. The molecular weight excluding hydrogens is 256 g/mol. The molecule has 1 heterocycles. The molecule has 110 valence electrons. The number of hydrogen-bond donors (Lipinski definition) is 0. The van der Waals surface area contributed by atoms with Crippen molar-refractivity contribution >= 4 is 14.3 Å². The zero-order chi connectivity index (χ0) is 14.4. The van der Waals surface area contributed by atoms with Crippen LogP contribution in [0, 0.1) is 11.8 Å². The van der Waals surface area contributed by atoms with Crippen LogP contribution in [-0.2, 0) is 14.0 Å². The summed E-state index contributed by atoms with van der Waals surface area (Å²) in [6.07, 6.45) is 3.01. The van der Waals surface area contributed by atoms with Crippen LogP contribution < -0.4 is 0 Å². The van der Waals surface area contributed by atoms with Gasteiger partial charge >= 0.3 is 5.97 Å². The van der Waals surface area contributed by atoms with E-state index in [1.165, 1.54) is 0 Å². The molecule has 2 rings (SSSR count). The van der Waals surface area contributed by atoms with Gasteiger partial charge in [-0.05, 0) is 36.9 Å². The number of carbonyl (C=O) groups is 1. The Morgan fingerprint density at radius 2 is 1.89 bits per heavy atom. The second kappa shape index (κ2) is 4.88. The minimum absolute atomic E-state index is 0.0184. The maximum Gasteiger partial charge on any atom is 0.306 e. The smallest absolute Gasteiger partial charge is 0.306 e. The van der Waals surface area contributed by atoms with Crippen LogP contribution in [0.15, 0.2) is 0 Å². The van der Waals surface area contributed by atoms with Gasteiger partial charge in [-0.2, -0.15) is 0 Å². The largest absolute Gasteiger partial charge is 0.462 e. The van der Waals surface area contributed by atoms with Crippen molar-refractivity contribution < 1.29 is 14.0 Å². The molecule has 2 aliphatic rings. The van der Waals surface area contributed by atoms with Gasteiger partial charge in [0, 0.05) is 12.0 Å². The van der Waals surface area contributed by atoms with Crippen molar-refractivity contribution in [3.63, 3.8) is 0 Å². The van der Waals surface area contributed by atoms with Gasteiger partial charge in [0.2, 0.25) is 0 Å². The molecule has 4 heteroatoms. The van der Waals surface area contributed by atoms with Gasteiger partial charge in [-0.1, -0.05) is 27.7 Å². The highest BCUT2D eigenvalue weighted by atomic mass is 28.4. The molecule has 0 aromatic rings. The van der Waals surface area contributed by atoms with Crippen molar-refractivity contribution in [1.29, 1.82) is 0 Å². The Morgan fingerprint density at radius 3 is 2.47 bits per heavy atom. The molecule has 0 aromatic carbocycles. The molecule has 0 bridgehead atoms. The quantitative estimate of drug-likeness (QED) is 0.572. The van der Waals surface area contributed by atoms with Crippen molar-refractivity contribution in [2.45, 2.75) is 77.3 Å². The molecule has 0 spiro atoms. The zero-order valence-electron chi connectivity index (χ0n) is 13.2. The average Bonchev–Trinajstić information content (AvgIpc) is 2.55. The summed E-state index contributed by atoms with van der Waals surface area (Å²) in [5.41, 5.74) is 0. The Hall–Kier alpha value is -0.353. The van der Waals surface area contributed by atoms with Crippen LogP contribution in [0.1, 0.15) is 47.0 Å². The minimum atomic E-state index is -1.72. The number of fused-ring (bicyclic) bond motifs is 1. The van der Waals surface area contributed by atoms with E-state index in [1.807, 2.05) is 0 Å². The molecule has 0 amide bonds. The summed E-state index contributed by atoms with van der Waals surface area (Å²) in [7, 11) is -1.72. The molecule has 0 aromatic heterocycles. The molecule has 19 heavy (non-hydrogen) atoms. The summed E-state index contributed by atoms with van der Waals surface area (Å²) in [5, 5.41) is 0.242. The van der Waals surface area contributed by atoms with Crippen LogP contribution in [0.25, 0.3) is 0 Å². The van der Waals surface area contributed by atoms with Gasteiger partial charge in [0.1, 0.15) is 6.10 Å². The first-order chi connectivity index (χ1) is 8.60. The van der Waals surface area contributed by atoms with E-state index < -0.39 is 8.32 Å². The van der Waals surface area contributed by atoms with Gasteiger partial charge < -0.3 is 9.16 Å². The van der Waals surface area contributed by atoms with Crippen LogP contribution in [0.4, 0.5) is 0 Å². The lowest BCUT2D eigenvalue weighted by molar-refractivity contribution is -0.143. The highest BCUT2D eigenvalue weighted by Crippen LogP contribution is 2.43. The fraction of sp³-hybridized carbons (Fsp3) is 0.933. The van der Waals surface area contributed by atoms with E-state index >= 15 is 0 Å². The van der Waals surface area contributed by atoms with Crippen LogP contribution in [0.3, 0.4) is 0 Å². The molecule has 1 aliphatic carbocycles. The highest BCUT2D eigenvalue weighted by molar-refractivity contribution is 6.74. The fourth-order valence-electron chi connectivity index (χ4n) is 2.90. The lowest BCUT2D eigenvalue weighted by atomic mass is 9.78. The Balaban J connectivity index is 2.03. The predicted molar refractivity (Wildman–Crippen MR) is 78.5 cm³/mol. The predicted octanol–water partition coefficient (Wildman–Crippen LogP) is 3.74. The second-order valence-electron chi connectivity index (χ2n) is 7.86. The van der Waals surface area contributed by atoms with E-state index in [1.54, 1.807) is 0 Å². The van der Waals surface area contributed by atoms with Crippen LogP contribution >= 0.6 is 0 Å². The molecule has 4 atom stereocenters. The monoisotopic (exact) mass is 284 g/mol. The summed E-state index contributed by atoms with van der Waals surface area (Å²) in [6, 6.07) is 0. The van der Waals surface area contributed by atoms with Gasteiger partial charge in [-0.15, -0.1) is 0 Å². The molecule has 0 N–H and O–H groups in total. The first kappa shape index (κ1) is 15.0. The highest BCUT2D eigenvalue weighted by Gasteiger charge is 2.46. The molecule has 1 saturated carbocycles. The lowest BCUT2D eigenvalue weighted by Crippen LogP contribution is -2.48. The van der Waals surface area contributed by atoms with Crippen molar-refractivity contribution in [3.8, 4) is 0 Å². The average molecular weight is 284 g/mol. The van der Waals surface area contributed by atoms with Crippen molar-refractivity contribution in [2.75, 3.05) is 0 Å². The number of ether oxygens (including phenoxy) is 1. The lowest BCUT2D eigenvalue weighted by Gasteiger charge is -2.44. The van der Waals surface area contributed by atoms with Crippen molar-refractivity contribution in [3.05, 3.63) is 0 Å². The number of rotatable bonds is 2. The van der Waals surface area contributed by atoms with E-state index in [0.29, 0.717) is 24.4 Å². The van der Waals surface area contributed by atoms with E-state index in [0.717, 1.165) is 12.8 Å². The number of hydrogen-bond acceptors (Lipinski definition) is 3. The van der Waals surface area contributed by atoms with Crippen molar-refractivity contribution in [1.82, 2.24) is 0 Å². The van der Waals surface area contributed by atoms with Crippen LogP contribution in [-0.4, -0.2) is 26.5 Å². The summed E-state index contributed by atoms with van der Waals surface area (Å²) >= 11 is 0. The van der Waals surface area contributed by atoms with Crippen LogP contribution in [0.2, 0.25) is 18.1 Å². The standard InChI is InChI=1S/C15H28O3Si/c1-10-7-13-11(9-14(16)17-13)8-12(10)18-19(5,6)15(2,3)4/h10-13H,7-9H2,1-6H3. The third kappa shape index (κ3) is 3.05. The maximum absolute atomic E-state index is 11.4. The van der Waals surface area contributed by atoms with Crippen molar-refractivity contribution in [2.24, 2.45) is 11.8 Å². The Labute approximate surface area is 118 Å². The third-order valence-corrected chi connectivity index (χ3v) is 9.77. The van der Waals surface area contributed by atoms with E-state index in [4.69, 9.17) is 9.16 Å². The van der Waals surface area contributed by atoms with Gasteiger partial charge in [0.05, 0.1) is 6.42 Å². The van der Waals surface area contributed by atoms with E-state index in [9.17, 15) is 4.79 Å². The second-order valence-corrected chi connectivity index (χ2v) is 12.6. The van der Waals surface area contributed by atoms with E-state index in [-0.39, 0.29) is 17.1 Å². The molecule has 0 radical (unpaired) electrons. The first-order valence-corrected chi connectivity index (χ1v) is 10.4. The maximum atomic E-state index is 11.4. The number of esters is 1. The topological polar surface area (TPSA) is 35.5 Å². The molecular formula is C15H28O3Si. The fourth-order valence-corrected chi connectivity index (χ4v) is 4.34. The zero-order valence-corrected chi connectivity index (χ0v) is 14.2. The van der Waals surface area contributed by atoms with Crippen LogP contribution in [0.5, 0.6) is 0 Å². The van der Waals surface area contributed by atoms with Gasteiger partial charge in [0.15, 0.2) is 8.32 Å². The SMILES string of the molecule is CC1CC2OC(=O)CC2CC1O[Si](C)(C)C(C)(C)C. The van der Waals surface area contributed by atoms with Gasteiger partial charge in [-0.25, -0.2) is 0 Å². The molecule has 1 saturated heterocycles. The summed E-state index contributed by atoms with van der Waals surface area (Å²) in [5.74, 6) is 0.856. The molecule has 1 aliphatic heterocycles. The first-order valence-electron chi connectivity index (χ1n) is 7.47. The van der Waals surface area contributed by atoms with Gasteiger partial charge in [-0.3, -0.25) is 4.79 Å².